The smallest absolute Gasteiger partial charge is 0.310 e. The molecule has 1 heterocycles. The fourth-order valence-electron chi connectivity index (χ4n) is 2.25. The lowest BCUT2D eigenvalue weighted by Crippen LogP contribution is -2.40. The largest absolute Gasteiger partial charge is 0.502 e. The number of carbonyl (C=O) groups excluding carboxylic acids is 1. The summed E-state index contributed by atoms with van der Waals surface area (Å²) >= 11 is 0. The van der Waals surface area contributed by atoms with Crippen molar-refractivity contribution in [3.8, 4) is 5.75 Å². The molecule has 2 rings (SSSR count). The number of aromatic hydroxyl groups is 1. The van der Waals surface area contributed by atoms with Gasteiger partial charge in [-0.1, -0.05) is 0 Å². The van der Waals surface area contributed by atoms with Gasteiger partial charge in [0.25, 0.3) is 5.91 Å². The van der Waals surface area contributed by atoms with Gasteiger partial charge in [0, 0.05) is 37.9 Å². The molecule has 1 aromatic rings. The molecule has 1 N–H and O–H groups in total. The Balaban J connectivity index is 2.16. The Morgan fingerprint density at radius 3 is 2.65 bits per heavy atom. The number of benzene rings is 1. The van der Waals surface area contributed by atoms with Crippen LogP contribution in [0.1, 0.15) is 23.2 Å². The van der Waals surface area contributed by atoms with Crippen LogP contribution >= 0.6 is 0 Å². The van der Waals surface area contributed by atoms with Crippen LogP contribution in [-0.2, 0) is 4.74 Å². The Kier molecular flexibility index (Phi) is 4.19. The number of ether oxygens (including phenoxy) is 1. The summed E-state index contributed by atoms with van der Waals surface area (Å²) in [7, 11) is 1.69. The van der Waals surface area contributed by atoms with E-state index in [2.05, 4.69) is 0 Å². The third kappa shape index (κ3) is 2.88. The minimum absolute atomic E-state index is 0.0913. The standard InChI is InChI=1S/C13H16N2O5/c1-14(10-4-6-20-7-5-10)13(17)9-2-3-11(15(18)19)12(16)8-9/h2-3,8,10,16H,4-7H2,1H3. The average Bonchev–Trinajstić information content (AvgIpc) is 2.46. The molecule has 7 heteroatoms. The highest BCUT2D eigenvalue weighted by Crippen LogP contribution is 2.27. The van der Waals surface area contributed by atoms with Crippen LogP contribution < -0.4 is 0 Å². The molecule has 0 bridgehead atoms. The molecule has 0 aliphatic carbocycles. The molecule has 0 saturated carbocycles. The average molecular weight is 280 g/mol. The van der Waals surface area contributed by atoms with Crippen LogP contribution in [0, 0.1) is 10.1 Å². The van der Waals surface area contributed by atoms with Gasteiger partial charge in [0.2, 0.25) is 0 Å². The van der Waals surface area contributed by atoms with Crippen molar-refractivity contribution < 1.29 is 19.6 Å². The van der Waals surface area contributed by atoms with Crippen molar-refractivity contribution in [1.82, 2.24) is 4.90 Å². The first kappa shape index (κ1) is 14.3. The van der Waals surface area contributed by atoms with Crippen LogP contribution in [-0.4, -0.2) is 47.1 Å². The first-order valence-electron chi connectivity index (χ1n) is 6.33. The van der Waals surface area contributed by atoms with E-state index in [0.29, 0.717) is 13.2 Å². The van der Waals surface area contributed by atoms with Gasteiger partial charge < -0.3 is 14.7 Å². The summed E-state index contributed by atoms with van der Waals surface area (Å²) in [5, 5.41) is 20.2. The van der Waals surface area contributed by atoms with Crippen LogP contribution in [0.15, 0.2) is 18.2 Å². The molecule has 1 fully saturated rings. The Morgan fingerprint density at radius 2 is 2.10 bits per heavy atom. The maximum atomic E-state index is 12.3. The summed E-state index contributed by atoms with van der Waals surface area (Å²) in [4.78, 5) is 23.8. The number of hydrogen-bond acceptors (Lipinski definition) is 5. The molecule has 108 valence electrons. The molecule has 20 heavy (non-hydrogen) atoms. The van der Waals surface area contributed by atoms with Gasteiger partial charge >= 0.3 is 5.69 Å². The lowest BCUT2D eigenvalue weighted by Gasteiger charge is -2.31. The number of amides is 1. The van der Waals surface area contributed by atoms with E-state index >= 15 is 0 Å². The maximum Gasteiger partial charge on any atom is 0.310 e. The van der Waals surface area contributed by atoms with E-state index < -0.39 is 16.4 Å². The number of nitro groups is 1. The van der Waals surface area contributed by atoms with Gasteiger partial charge in [0.1, 0.15) is 0 Å². The minimum Gasteiger partial charge on any atom is -0.502 e. The molecule has 0 unspecified atom stereocenters. The first-order valence-corrected chi connectivity index (χ1v) is 6.33. The monoisotopic (exact) mass is 280 g/mol. The third-order valence-corrected chi connectivity index (χ3v) is 3.48. The number of carbonyl (C=O) groups is 1. The molecule has 1 amide bonds. The van der Waals surface area contributed by atoms with E-state index in [1.54, 1.807) is 11.9 Å². The van der Waals surface area contributed by atoms with Crippen LogP contribution in [0.2, 0.25) is 0 Å². The molecule has 1 aliphatic heterocycles. The van der Waals surface area contributed by atoms with E-state index in [1.807, 2.05) is 0 Å². The second-order valence-corrected chi connectivity index (χ2v) is 4.72. The molecule has 7 nitrogen and oxygen atoms in total. The summed E-state index contributed by atoms with van der Waals surface area (Å²) < 4.78 is 5.24. The van der Waals surface area contributed by atoms with Crippen LogP contribution in [0.3, 0.4) is 0 Å². The lowest BCUT2D eigenvalue weighted by atomic mass is 10.1. The summed E-state index contributed by atoms with van der Waals surface area (Å²) in [6, 6.07) is 3.72. The van der Waals surface area contributed by atoms with Crippen molar-refractivity contribution in [3.63, 3.8) is 0 Å². The summed E-state index contributed by atoms with van der Waals surface area (Å²) in [5.74, 6) is -0.761. The predicted octanol–water partition coefficient (Wildman–Crippen LogP) is 1.55. The summed E-state index contributed by atoms with van der Waals surface area (Å²) in [6.07, 6.45) is 1.53. The Hall–Kier alpha value is -2.15. The molecular weight excluding hydrogens is 264 g/mol. The zero-order valence-electron chi connectivity index (χ0n) is 11.1. The maximum absolute atomic E-state index is 12.3. The molecule has 1 aliphatic rings. The quantitative estimate of drug-likeness (QED) is 0.669. The zero-order valence-corrected chi connectivity index (χ0v) is 11.1. The molecule has 1 aromatic carbocycles. The van der Waals surface area contributed by atoms with E-state index in [4.69, 9.17) is 4.74 Å². The van der Waals surface area contributed by atoms with E-state index in [0.717, 1.165) is 25.0 Å². The Morgan fingerprint density at radius 1 is 1.45 bits per heavy atom. The highest BCUT2D eigenvalue weighted by Gasteiger charge is 2.24. The van der Waals surface area contributed by atoms with Gasteiger partial charge in [-0.15, -0.1) is 0 Å². The van der Waals surface area contributed by atoms with Crippen molar-refractivity contribution in [2.24, 2.45) is 0 Å². The second-order valence-electron chi connectivity index (χ2n) is 4.72. The number of nitro benzene ring substituents is 1. The summed E-state index contributed by atoms with van der Waals surface area (Å²) in [6.45, 7) is 1.24. The fraction of sp³-hybridized carbons (Fsp3) is 0.462. The lowest BCUT2D eigenvalue weighted by molar-refractivity contribution is -0.385. The van der Waals surface area contributed by atoms with E-state index in [9.17, 15) is 20.0 Å². The topological polar surface area (TPSA) is 92.9 Å². The molecule has 0 aromatic heterocycles. The normalized spacial score (nSPS) is 15.8. The zero-order chi connectivity index (χ0) is 14.7. The van der Waals surface area contributed by atoms with Crippen LogP contribution in [0.25, 0.3) is 0 Å². The van der Waals surface area contributed by atoms with Gasteiger partial charge in [0.15, 0.2) is 5.75 Å². The number of nitrogens with zero attached hydrogens (tertiary/aromatic N) is 2. The van der Waals surface area contributed by atoms with Crippen LogP contribution in [0.5, 0.6) is 5.75 Å². The van der Waals surface area contributed by atoms with E-state index in [-0.39, 0.29) is 17.5 Å². The fourth-order valence-corrected chi connectivity index (χ4v) is 2.25. The van der Waals surface area contributed by atoms with Gasteiger partial charge in [-0.2, -0.15) is 0 Å². The molecular formula is C13H16N2O5. The van der Waals surface area contributed by atoms with Gasteiger partial charge in [-0.05, 0) is 25.0 Å². The SMILES string of the molecule is CN(C(=O)c1ccc([N+](=O)[O-])c(O)c1)C1CCOCC1. The van der Waals surface area contributed by atoms with Crippen LogP contribution in [0.4, 0.5) is 5.69 Å². The minimum atomic E-state index is -0.689. The van der Waals surface area contributed by atoms with Gasteiger partial charge in [-0.3, -0.25) is 14.9 Å². The van der Waals surface area contributed by atoms with Crippen molar-refractivity contribution in [2.45, 2.75) is 18.9 Å². The molecule has 1 saturated heterocycles. The molecule has 0 spiro atoms. The van der Waals surface area contributed by atoms with Crippen molar-refractivity contribution in [2.75, 3.05) is 20.3 Å². The summed E-state index contributed by atoms with van der Waals surface area (Å²) in [5.41, 5.74) is -0.169. The Bertz CT molecular complexity index is 525. The Labute approximate surface area is 115 Å². The third-order valence-electron chi connectivity index (χ3n) is 3.48. The number of phenolic OH excluding ortho intramolecular Hbond substituents is 1. The highest BCUT2D eigenvalue weighted by atomic mass is 16.6. The number of rotatable bonds is 3. The number of phenols is 1. The molecule has 0 radical (unpaired) electrons. The van der Waals surface area contributed by atoms with Crippen molar-refractivity contribution in [3.05, 3.63) is 33.9 Å². The van der Waals surface area contributed by atoms with Crippen molar-refractivity contribution in [1.29, 1.82) is 0 Å². The first-order chi connectivity index (χ1) is 9.50. The van der Waals surface area contributed by atoms with Gasteiger partial charge in [0.05, 0.1) is 4.92 Å². The van der Waals surface area contributed by atoms with Crippen molar-refractivity contribution >= 4 is 11.6 Å². The second kappa shape index (κ2) is 5.87. The van der Waals surface area contributed by atoms with Gasteiger partial charge in [-0.25, -0.2) is 0 Å². The van der Waals surface area contributed by atoms with E-state index in [1.165, 1.54) is 6.07 Å². The molecule has 0 atom stereocenters. The predicted molar refractivity (Wildman–Crippen MR) is 70.7 cm³/mol. The number of hydrogen-bond donors (Lipinski definition) is 1. The highest BCUT2D eigenvalue weighted by molar-refractivity contribution is 5.95.